The third-order valence-corrected chi connectivity index (χ3v) is 9.34. The van der Waals surface area contributed by atoms with Crippen LogP contribution in [0.4, 0.5) is 5.69 Å². The van der Waals surface area contributed by atoms with Crippen LogP contribution in [0.2, 0.25) is 10.0 Å². The molecule has 1 heterocycles. The summed E-state index contributed by atoms with van der Waals surface area (Å²) in [6, 6.07) is 8.80. The van der Waals surface area contributed by atoms with Gasteiger partial charge < -0.3 is 19.7 Å². The molecule has 5 rings (SSSR count). The largest absolute Gasteiger partial charge is 0.490 e. The van der Waals surface area contributed by atoms with E-state index in [4.69, 9.17) is 32.7 Å². The second kappa shape index (κ2) is 11.9. The number of benzene rings is 2. The number of allylic oxidation sites excluding steroid dienone is 4. The van der Waals surface area contributed by atoms with Crippen LogP contribution < -0.4 is 14.8 Å². The Morgan fingerprint density at radius 1 is 0.909 bits per heavy atom. The highest BCUT2D eigenvalue weighted by Crippen LogP contribution is 2.55. The molecule has 0 saturated carbocycles. The number of rotatable bonds is 7. The summed E-state index contributed by atoms with van der Waals surface area (Å²) in [5, 5.41) is 3.56. The van der Waals surface area contributed by atoms with Gasteiger partial charge in [0, 0.05) is 59.1 Å². The molecular weight excluding hydrogens is 599 g/mol. The van der Waals surface area contributed by atoms with Crippen molar-refractivity contribution in [1.29, 1.82) is 0 Å². The molecule has 2 aliphatic carbocycles. The zero-order valence-electron chi connectivity index (χ0n) is 26.5. The Kier molecular flexibility index (Phi) is 8.69. The van der Waals surface area contributed by atoms with Crippen LogP contribution in [0.25, 0.3) is 0 Å². The van der Waals surface area contributed by atoms with E-state index < -0.39 is 11.8 Å². The van der Waals surface area contributed by atoms with E-state index in [1.54, 1.807) is 24.3 Å². The summed E-state index contributed by atoms with van der Waals surface area (Å²) < 4.78 is 11.9. The second-order valence-electron chi connectivity index (χ2n) is 13.7. The molecule has 0 bridgehead atoms. The third-order valence-electron chi connectivity index (χ3n) is 8.65. The first kappa shape index (κ1) is 32.1. The molecule has 1 amide bonds. The highest BCUT2D eigenvalue weighted by atomic mass is 35.5. The van der Waals surface area contributed by atoms with Crippen molar-refractivity contribution in [2.24, 2.45) is 10.8 Å². The normalized spacial score (nSPS) is 19.5. The van der Waals surface area contributed by atoms with Crippen molar-refractivity contribution >= 4 is 46.4 Å². The van der Waals surface area contributed by atoms with E-state index in [1.807, 2.05) is 27.0 Å². The molecule has 0 radical (unpaired) electrons. The number of halogens is 2. The Hall–Kier alpha value is -3.29. The van der Waals surface area contributed by atoms with Crippen LogP contribution in [-0.4, -0.2) is 42.6 Å². The second-order valence-corrected chi connectivity index (χ2v) is 14.5. The maximum Gasteiger partial charge on any atom is 0.262 e. The van der Waals surface area contributed by atoms with Gasteiger partial charge in [0.1, 0.15) is 0 Å². The van der Waals surface area contributed by atoms with Crippen molar-refractivity contribution in [2.75, 3.05) is 25.6 Å². The summed E-state index contributed by atoms with van der Waals surface area (Å²) in [5.41, 5.74) is 4.99. The first-order valence-corrected chi connectivity index (χ1v) is 15.8. The zero-order chi connectivity index (χ0) is 32.1. The fourth-order valence-electron chi connectivity index (χ4n) is 6.66. The molecule has 44 heavy (non-hydrogen) atoms. The summed E-state index contributed by atoms with van der Waals surface area (Å²) in [4.78, 5) is 42.5. The van der Waals surface area contributed by atoms with Crippen molar-refractivity contribution in [3.8, 4) is 11.5 Å². The SMILES string of the molecule is CCOc1cc(C2C3=C(CC(C)(C)CC3=O)N(C)C3=C2C(=O)CC(C)(C)C3)cc(Cl)c1OCC(=O)Nc1ccc(C)c(Cl)c1. The summed E-state index contributed by atoms with van der Waals surface area (Å²) in [6.07, 6.45) is 2.24. The topological polar surface area (TPSA) is 84.9 Å². The third kappa shape index (κ3) is 6.27. The molecule has 3 aliphatic rings. The minimum atomic E-state index is -0.566. The molecule has 0 saturated heterocycles. The quantitative estimate of drug-likeness (QED) is 0.330. The van der Waals surface area contributed by atoms with Crippen molar-refractivity contribution in [3.05, 3.63) is 74.0 Å². The number of anilines is 1. The fraction of sp³-hybridized carbons (Fsp3) is 0.457. The average Bonchev–Trinajstić information content (AvgIpc) is 2.90. The number of hydrogen-bond acceptors (Lipinski definition) is 6. The van der Waals surface area contributed by atoms with Gasteiger partial charge in [-0.25, -0.2) is 0 Å². The van der Waals surface area contributed by atoms with Gasteiger partial charge in [-0.1, -0.05) is 57.0 Å². The van der Waals surface area contributed by atoms with Crippen LogP contribution in [0.3, 0.4) is 0 Å². The van der Waals surface area contributed by atoms with Gasteiger partial charge in [0.25, 0.3) is 5.91 Å². The highest BCUT2D eigenvalue weighted by molar-refractivity contribution is 6.32. The number of Topliss-reactive ketones (excluding diaryl/α,β-unsaturated/α-hetero) is 2. The molecule has 0 spiro atoms. The highest BCUT2D eigenvalue weighted by Gasteiger charge is 2.48. The fourth-order valence-corrected chi connectivity index (χ4v) is 7.12. The average molecular weight is 640 g/mol. The number of amides is 1. The summed E-state index contributed by atoms with van der Waals surface area (Å²) in [6.45, 7) is 12.2. The van der Waals surface area contributed by atoms with Gasteiger partial charge in [0.2, 0.25) is 0 Å². The Balaban J connectivity index is 1.53. The number of aryl methyl sites for hydroxylation is 1. The van der Waals surface area contributed by atoms with Crippen molar-refractivity contribution in [2.45, 2.75) is 73.1 Å². The lowest BCUT2D eigenvalue weighted by atomic mass is 9.63. The molecule has 0 fully saturated rings. The van der Waals surface area contributed by atoms with Crippen molar-refractivity contribution < 1.29 is 23.9 Å². The first-order valence-electron chi connectivity index (χ1n) is 15.0. The predicted molar refractivity (Wildman–Crippen MR) is 174 cm³/mol. The molecule has 0 aromatic heterocycles. The Morgan fingerprint density at radius 2 is 1.50 bits per heavy atom. The standard InChI is InChI=1S/C35H40Cl2N2O5/c1-8-43-28-12-20(11-23(37)33(28)44-18-29(42)38-21-10-9-19(2)22(36)13-21)30-31-24(14-34(3,4)16-26(31)40)39(7)25-15-35(5,6)17-27(41)32(25)30/h9-13,30H,8,14-18H2,1-7H3,(H,38,42). The van der Waals surface area contributed by atoms with Crippen LogP contribution >= 0.6 is 23.2 Å². The molecule has 2 aromatic rings. The monoisotopic (exact) mass is 638 g/mol. The van der Waals surface area contributed by atoms with Crippen LogP contribution in [0.15, 0.2) is 52.9 Å². The van der Waals surface area contributed by atoms with Gasteiger partial charge in [0.05, 0.1) is 11.6 Å². The van der Waals surface area contributed by atoms with Gasteiger partial charge in [0.15, 0.2) is 29.7 Å². The predicted octanol–water partition coefficient (Wildman–Crippen LogP) is 8.03. The van der Waals surface area contributed by atoms with E-state index in [2.05, 4.69) is 37.9 Å². The van der Waals surface area contributed by atoms with Crippen LogP contribution in [0.1, 0.15) is 77.3 Å². The van der Waals surface area contributed by atoms with Crippen LogP contribution in [0.5, 0.6) is 11.5 Å². The zero-order valence-corrected chi connectivity index (χ0v) is 28.0. The molecule has 7 nitrogen and oxygen atoms in total. The minimum absolute atomic E-state index is 0.0413. The van der Waals surface area contributed by atoms with Gasteiger partial charge in [-0.05, 0) is 72.9 Å². The molecule has 0 unspecified atom stereocenters. The van der Waals surface area contributed by atoms with E-state index in [0.717, 1.165) is 29.8 Å². The number of nitrogens with one attached hydrogen (secondary N) is 1. The van der Waals surface area contributed by atoms with Gasteiger partial charge >= 0.3 is 0 Å². The van der Waals surface area contributed by atoms with Crippen LogP contribution in [0, 0.1) is 17.8 Å². The van der Waals surface area contributed by atoms with Gasteiger partial charge in [-0.3, -0.25) is 14.4 Å². The Morgan fingerprint density at radius 3 is 2.05 bits per heavy atom. The van der Waals surface area contributed by atoms with Gasteiger partial charge in [-0.2, -0.15) is 0 Å². The van der Waals surface area contributed by atoms with Crippen LogP contribution in [-0.2, 0) is 14.4 Å². The first-order chi connectivity index (χ1) is 20.6. The summed E-state index contributed by atoms with van der Waals surface area (Å²) in [5.74, 6) is -0.310. The maximum absolute atomic E-state index is 13.9. The number of nitrogens with zero attached hydrogens (tertiary/aromatic N) is 1. The van der Waals surface area contributed by atoms with Gasteiger partial charge in [-0.15, -0.1) is 0 Å². The smallest absolute Gasteiger partial charge is 0.262 e. The van der Waals surface area contributed by atoms with Crippen molar-refractivity contribution in [3.63, 3.8) is 0 Å². The number of hydrogen-bond donors (Lipinski definition) is 1. The van der Waals surface area contributed by atoms with E-state index in [9.17, 15) is 14.4 Å². The molecular formula is C35H40Cl2N2O5. The molecule has 234 valence electrons. The molecule has 9 heteroatoms. The number of carbonyl (C=O) groups excluding carboxylic acids is 3. The number of carbonyl (C=O) groups is 3. The summed E-state index contributed by atoms with van der Waals surface area (Å²) >= 11 is 13.0. The Bertz CT molecular complexity index is 1570. The number of ketones is 2. The lowest BCUT2D eigenvalue weighted by Gasteiger charge is -2.48. The minimum Gasteiger partial charge on any atom is -0.490 e. The number of ether oxygens (including phenoxy) is 2. The molecule has 1 aliphatic heterocycles. The van der Waals surface area contributed by atoms with E-state index in [1.165, 1.54) is 0 Å². The Labute approximate surface area is 269 Å². The molecule has 0 atom stereocenters. The molecule has 1 N–H and O–H groups in total. The summed E-state index contributed by atoms with van der Waals surface area (Å²) in [7, 11) is 1.98. The molecule has 2 aromatic carbocycles. The van der Waals surface area contributed by atoms with Crippen molar-refractivity contribution in [1.82, 2.24) is 4.90 Å². The maximum atomic E-state index is 13.9. The lowest BCUT2D eigenvalue weighted by Crippen LogP contribution is -2.43. The van der Waals surface area contributed by atoms with E-state index in [0.29, 0.717) is 52.6 Å². The van der Waals surface area contributed by atoms with E-state index >= 15 is 0 Å². The van der Waals surface area contributed by atoms with E-state index in [-0.39, 0.29) is 39.8 Å². The lowest BCUT2D eigenvalue weighted by molar-refractivity contribution is -0.120.